The van der Waals surface area contributed by atoms with Crippen LogP contribution in [0, 0.1) is 11.3 Å². The summed E-state index contributed by atoms with van der Waals surface area (Å²) in [6.45, 7) is 3.66. The molecule has 0 aromatic heterocycles. The van der Waals surface area contributed by atoms with Crippen molar-refractivity contribution in [2.45, 2.75) is 0 Å². The highest BCUT2D eigenvalue weighted by Gasteiger charge is 1.99. The van der Waals surface area contributed by atoms with Crippen LogP contribution in [0.4, 0.5) is 0 Å². The minimum atomic E-state index is 0.455. The zero-order chi connectivity index (χ0) is 12.1. The van der Waals surface area contributed by atoms with Gasteiger partial charge in [-0.25, -0.2) is 0 Å². The van der Waals surface area contributed by atoms with Gasteiger partial charge in [-0.2, -0.15) is 5.26 Å². The van der Waals surface area contributed by atoms with E-state index in [0.29, 0.717) is 5.57 Å². The molecule has 2 heteroatoms. The molecule has 2 aromatic rings. The van der Waals surface area contributed by atoms with Gasteiger partial charge in [0.15, 0.2) is 0 Å². The lowest BCUT2D eigenvalue weighted by Gasteiger charge is -2.05. The fourth-order valence-electron chi connectivity index (χ4n) is 1.41. The van der Waals surface area contributed by atoms with E-state index in [4.69, 9.17) is 10.00 Å². The summed E-state index contributed by atoms with van der Waals surface area (Å²) in [6.07, 6.45) is 0. The number of ether oxygens (including phenoxy) is 1. The largest absolute Gasteiger partial charge is 0.457 e. The molecule has 0 saturated heterocycles. The molecule has 2 aromatic carbocycles. The number of allylic oxidation sites excluding steroid dienone is 1. The zero-order valence-electron chi connectivity index (χ0n) is 9.26. The predicted octanol–water partition coefficient (Wildman–Crippen LogP) is 4.02. The number of nitriles is 1. The molecule has 0 aliphatic rings. The first-order valence-electron chi connectivity index (χ1n) is 5.22. The first-order chi connectivity index (χ1) is 8.29. The lowest BCUT2D eigenvalue weighted by molar-refractivity contribution is 0.482. The van der Waals surface area contributed by atoms with E-state index in [1.54, 1.807) is 0 Å². The number of hydrogen-bond donors (Lipinski definition) is 0. The Bertz CT molecular complexity index is 550. The number of para-hydroxylation sites is 1. The topological polar surface area (TPSA) is 33.0 Å². The van der Waals surface area contributed by atoms with E-state index in [9.17, 15) is 0 Å². The Morgan fingerprint density at radius 2 is 1.53 bits per heavy atom. The van der Waals surface area contributed by atoms with Crippen molar-refractivity contribution in [3.63, 3.8) is 0 Å². The van der Waals surface area contributed by atoms with Crippen LogP contribution in [0.25, 0.3) is 5.57 Å². The predicted molar refractivity (Wildman–Crippen MR) is 67.6 cm³/mol. The van der Waals surface area contributed by atoms with Crippen molar-refractivity contribution in [1.29, 1.82) is 5.26 Å². The van der Waals surface area contributed by atoms with Gasteiger partial charge in [0, 0.05) is 0 Å². The third-order valence-corrected chi connectivity index (χ3v) is 2.32. The Morgan fingerprint density at radius 1 is 0.941 bits per heavy atom. The van der Waals surface area contributed by atoms with E-state index >= 15 is 0 Å². The highest BCUT2D eigenvalue weighted by molar-refractivity contribution is 5.74. The summed E-state index contributed by atoms with van der Waals surface area (Å²) in [4.78, 5) is 0. The number of rotatable bonds is 3. The van der Waals surface area contributed by atoms with Gasteiger partial charge in [0.25, 0.3) is 0 Å². The van der Waals surface area contributed by atoms with E-state index < -0.39 is 0 Å². The Kier molecular flexibility index (Phi) is 3.23. The lowest BCUT2D eigenvalue weighted by Crippen LogP contribution is -1.84. The van der Waals surface area contributed by atoms with Crippen molar-refractivity contribution in [1.82, 2.24) is 0 Å². The van der Waals surface area contributed by atoms with Crippen LogP contribution in [0.2, 0.25) is 0 Å². The second kappa shape index (κ2) is 5.00. The number of benzene rings is 2. The third kappa shape index (κ3) is 2.73. The SMILES string of the molecule is C=C(C#N)c1ccc(Oc2ccccc2)cc1. The molecule has 0 spiro atoms. The average Bonchev–Trinajstić information content (AvgIpc) is 2.40. The van der Waals surface area contributed by atoms with Crippen LogP contribution in [0.3, 0.4) is 0 Å². The van der Waals surface area contributed by atoms with Crippen LogP contribution in [0.5, 0.6) is 11.5 Å². The lowest BCUT2D eigenvalue weighted by atomic mass is 10.1. The summed E-state index contributed by atoms with van der Waals surface area (Å²) < 4.78 is 5.63. The Balaban J connectivity index is 2.15. The van der Waals surface area contributed by atoms with Crippen molar-refractivity contribution >= 4 is 5.57 Å². The second-order valence-corrected chi connectivity index (χ2v) is 3.53. The fraction of sp³-hybridized carbons (Fsp3) is 0. The molecule has 82 valence electrons. The summed E-state index contributed by atoms with van der Waals surface area (Å²) in [5, 5.41) is 8.71. The minimum absolute atomic E-state index is 0.455. The van der Waals surface area contributed by atoms with Gasteiger partial charge in [-0.3, -0.25) is 0 Å². The highest BCUT2D eigenvalue weighted by Crippen LogP contribution is 2.22. The molecular formula is C15H11NO. The smallest absolute Gasteiger partial charge is 0.127 e. The van der Waals surface area contributed by atoms with Crippen LogP contribution < -0.4 is 4.74 Å². The van der Waals surface area contributed by atoms with Gasteiger partial charge < -0.3 is 4.74 Å². The Morgan fingerprint density at radius 3 is 2.12 bits per heavy atom. The van der Waals surface area contributed by atoms with E-state index in [2.05, 4.69) is 6.58 Å². The normalized spacial score (nSPS) is 9.35. The molecule has 0 unspecified atom stereocenters. The summed E-state index contributed by atoms with van der Waals surface area (Å²) in [5.74, 6) is 1.53. The summed E-state index contributed by atoms with van der Waals surface area (Å²) in [6, 6.07) is 18.9. The monoisotopic (exact) mass is 221 g/mol. The standard InChI is InChI=1S/C15H11NO/c1-12(11-16)13-7-9-15(10-8-13)17-14-5-3-2-4-6-14/h2-10H,1H2. The number of nitrogens with zero attached hydrogens (tertiary/aromatic N) is 1. The maximum absolute atomic E-state index is 8.71. The van der Waals surface area contributed by atoms with Crippen LogP contribution in [0.15, 0.2) is 61.2 Å². The molecule has 0 N–H and O–H groups in total. The third-order valence-electron chi connectivity index (χ3n) is 2.32. The molecule has 0 radical (unpaired) electrons. The molecule has 2 nitrogen and oxygen atoms in total. The molecule has 0 aliphatic carbocycles. The average molecular weight is 221 g/mol. The first kappa shape index (κ1) is 11.0. The van der Waals surface area contributed by atoms with Gasteiger partial charge in [0.2, 0.25) is 0 Å². The highest BCUT2D eigenvalue weighted by atomic mass is 16.5. The van der Waals surface area contributed by atoms with Gasteiger partial charge in [-0.05, 0) is 42.0 Å². The van der Waals surface area contributed by atoms with Crippen LogP contribution in [0.1, 0.15) is 5.56 Å². The van der Waals surface area contributed by atoms with Crippen molar-refractivity contribution < 1.29 is 4.74 Å². The quantitative estimate of drug-likeness (QED) is 0.733. The Labute approximate surface area is 100 Å². The van der Waals surface area contributed by atoms with Crippen LogP contribution in [-0.2, 0) is 0 Å². The van der Waals surface area contributed by atoms with Crippen molar-refractivity contribution in [3.05, 3.63) is 66.7 Å². The molecule has 0 atom stereocenters. The van der Waals surface area contributed by atoms with Gasteiger partial charge in [-0.15, -0.1) is 0 Å². The molecular weight excluding hydrogens is 210 g/mol. The summed E-state index contributed by atoms with van der Waals surface area (Å²) in [7, 11) is 0. The van der Waals surface area contributed by atoms with Crippen LogP contribution in [-0.4, -0.2) is 0 Å². The van der Waals surface area contributed by atoms with Crippen LogP contribution >= 0.6 is 0 Å². The van der Waals surface area contributed by atoms with Gasteiger partial charge in [-0.1, -0.05) is 24.8 Å². The van der Waals surface area contributed by atoms with Gasteiger partial charge in [0.1, 0.15) is 11.5 Å². The van der Waals surface area contributed by atoms with E-state index in [1.165, 1.54) is 0 Å². The Hall–Kier alpha value is -2.53. The maximum Gasteiger partial charge on any atom is 0.127 e. The molecule has 2 rings (SSSR count). The fourth-order valence-corrected chi connectivity index (χ4v) is 1.41. The molecule has 0 fully saturated rings. The van der Waals surface area contributed by atoms with E-state index in [1.807, 2.05) is 60.7 Å². The van der Waals surface area contributed by atoms with Crippen molar-refractivity contribution in [2.75, 3.05) is 0 Å². The summed E-state index contributed by atoms with van der Waals surface area (Å²) >= 11 is 0. The molecule has 0 heterocycles. The molecule has 17 heavy (non-hydrogen) atoms. The minimum Gasteiger partial charge on any atom is -0.457 e. The van der Waals surface area contributed by atoms with E-state index in [-0.39, 0.29) is 0 Å². The van der Waals surface area contributed by atoms with Crippen molar-refractivity contribution in [2.24, 2.45) is 0 Å². The maximum atomic E-state index is 8.71. The second-order valence-electron chi connectivity index (χ2n) is 3.53. The van der Waals surface area contributed by atoms with Gasteiger partial charge in [0.05, 0.1) is 11.6 Å². The van der Waals surface area contributed by atoms with Crippen molar-refractivity contribution in [3.8, 4) is 17.6 Å². The first-order valence-corrected chi connectivity index (χ1v) is 5.22. The molecule has 0 amide bonds. The molecule has 0 bridgehead atoms. The molecule has 0 aliphatic heterocycles. The summed E-state index contributed by atoms with van der Waals surface area (Å²) in [5.41, 5.74) is 1.27. The van der Waals surface area contributed by atoms with Gasteiger partial charge >= 0.3 is 0 Å². The zero-order valence-corrected chi connectivity index (χ0v) is 9.26. The van der Waals surface area contributed by atoms with E-state index in [0.717, 1.165) is 17.1 Å². The number of hydrogen-bond acceptors (Lipinski definition) is 2. The molecule has 0 saturated carbocycles.